The first-order valence-electron chi connectivity index (χ1n) is 5.96. The topological polar surface area (TPSA) is 106 Å². The summed E-state index contributed by atoms with van der Waals surface area (Å²) in [5.41, 5.74) is 9.59. The Hall–Kier alpha value is -2.86. The summed E-state index contributed by atoms with van der Waals surface area (Å²) in [6.45, 7) is 0. The summed E-state index contributed by atoms with van der Waals surface area (Å²) in [5, 5.41) is 3.04. The normalized spacial score (nSPS) is 10.9. The van der Waals surface area contributed by atoms with E-state index in [2.05, 4.69) is 15.7 Å². The third-order valence-corrected chi connectivity index (χ3v) is 2.57. The molecule has 0 aliphatic rings. The van der Waals surface area contributed by atoms with E-state index in [1.165, 1.54) is 0 Å². The fraction of sp³-hybridized carbons (Fsp3) is 0. The molecule has 2 rings (SSSR count). The standard InChI is InChI=1S/C14H15N5O/c15-13(20)10-6-8-12(9-7-10)18-14(19-16)17-11-4-2-1-3-5-11/h1-9H,16H2,(H2,15,20)(H2,17,18,19). The summed E-state index contributed by atoms with van der Waals surface area (Å²) < 4.78 is 0. The molecular formula is C14H15N5O. The van der Waals surface area contributed by atoms with Gasteiger partial charge in [0.1, 0.15) is 0 Å². The van der Waals surface area contributed by atoms with Crippen LogP contribution in [0.1, 0.15) is 10.4 Å². The van der Waals surface area contributed by atoms with Crippen molar-refractivity contribution in [3.63, 3.8) is 0 Å². The van der Waals surface area contributed by atoms with Crippen molar-refractivity contribution in [1.82, 2.24) is 5.43 Å². The van der Waals surface area contributed by atoms with Crippen molar-refractivity contribution in [1.29, 1.82) is 0 Å². The Morgan fingerprint density at radius 2 is 1.65 bits per heavy atom. The number of carbonyl (C=O) groups excluding carboxylic acids is 1. The highest BCUT2D eigenvalue weighted by atomic mass is 16.1. The molecule has 0 heterocycles. The van der Waals surface area contributed by atoms with Gasteiger partial charge in [0.15, 0.2) is 0 Å². The number of hydrogen-bond donors (Lipinski definition) is 4. The number of carbonyl (C=O) groups is 1. The van der Waals surface area contributed by atoms with Gasteiger partial charge in [-0.05, 0) is 36.4 Å². The zero-order valence-electron chi connectivity index (χ0n) is 10.7. The minimum atomic E-state index is -0.472. The second-order valence-electron chi connectivity index (χ2n) is 4.01. The number of para-hydroxylation sites is 1. The molecule has 0 radical (unpaired) electrons. The molecule has 6 nitrogen and oxygen atoms in total. The smallest absolute Gasteiger partial charge is 0.248 e. The van der Waals surface area contributed by atoms with Gasteiger partial charge in [-0.2, -0.15) is 0 Å². The fourth-order valence-corrected chi connectivity index (χ4v) is 1.58. The van der Waals surface area contributed by atoms with Crippen LogP contribution < -0.4 is 22.3 Å². The number of primary amides is 1. The molecule has 6 heteroatoms. The zero-order chi connectivity index (χ0) is 14.4. The molecule has 0 saturated heterocycles. The Morgan fingerprint density at radius 1 is 1.00 bits per heavy atom. The molecule has 0 aliphatic heterocycles. The van der Waals surface area contributed by atoms with Crippen LogP contribution in [0.15, 0.2) is 59.6 Å². The maximum Gasteiger partial charge on any atom is 0.248 e. The number of amides is 1. The molecule has 102 valence electrons. The van der Waals surface area contributed by atoms with Crippen molar-refractivity contribution in [2.45, 2.75) is 0 Å². The van der Waals surface area contributed by atoms with E-state index in [-0.39, 0.29) is 0 Å². The number of guanidine groups is 1. The van der Waals surface area contributed by atoms with E-state index < -0.39 is 5.91 Å². The van der Waals surface area contributed by atoms with Crippen LogP contribution in [0.25, 0.3) is 0 Å². The molecule has 0 aliphatic carbocycles. The lowest BCUT2D eigenvalue weighted by molar-refractivity contribution is 0.100. The number of nitrogens with one attached hydrogen (secondary N) is 2. The quantitative estimate of drug-likeness (QED) is 0.292. The monoisotopic (exact) mass is 269 g/mol. The van der Waals surface area contributed by atoms with Crippen LogP contribution in [0.2, 0.25) is 0 Å². The molecule has 0 aromatic heterocycles. The van der Waals surface area contributed by atoms with E-state index in [0.29, 0.717) is 17.2 Å². The Morgan fingerprint density at radius 3 is 2.20 bits per heavy atom. The van der Waals surface area contributed by atoms with E-state index in [0.717, 1.165) is 5.69 Å². The number of anilines is 1. The molecule has 1 amide bonds. The van der Waals surface area contributed by atoms with Crippen molar-refractivity contribution in [2.75, 3.05) is 5.32 Å². The second kappa shape index (κ2) is 6.35. The van der Waals surface area contributed by atoms with Gasteiger partial charge in [0.25, 0.3) is 0 Å². The molecule has 0 atom stereocenters. The summed E-state index contributed by atoms with van der Waals surface area (Å²) >= 11 is 0. The Bertz CT molecular complexity index is 607. The van der Waals surface area contributed by atoms with Gasteiger partial charge < -0.3 is 11.1 Å². The lowest BCUT2D eigenvalue weighted by atomic mass is 10.2. The summed E-state index contributed by atoms with van der Waals surface area (Å²) in [6, 6.07) is 16.1. The number of nitrogens with zero attached hydrogens (tertiary/aromatic N) is 1. The molecule has 2 aromatic rings. The summed E-state index contributed by atoms with van der Waals surface area (Å²) in [5.74, 6) is 5.35. The van der Waals surface area contributed by atoms with Gasteiger partial charge in [0.05, 0.1) is 5.69 Å². The Kier molecular flexibility index (Phi) is 4.31. The molecule has 0 fully saturated rings. The number of aliphatic imine (C=N–C) groups is 1. The largest absolute Gasteiger partial charge is 0.366 e. The maximum absolute atomic E-state index is 11.0. The highest BCUT2D eigenvalue weighted by Crippen LogP contribution is 2.13. The average Bonchev–Trinajstić information content (AvgIpc) is 2.48. The van der Waals surface area contributed by atoms with E-state index in [9.17, 15) is 4.79 Å². The summed E-state index contributed by atoms with van der Waals surface area (Å²) in [7, 11) is 0. The maximum atomic E-state index is 11.0. The van der Waals surface area contributed by atoms with Crippen molar-refractivity contribution in [3.8, 4) is 0 Å². The molecular weight excluding hydrogens is 254 g/mol. The highest BCUT2D eigenvalue weighted by molar-refractivity contribution is 5.95. The van der Waals surface area contributed by atoms with Gasteiger partial charge in [-0.25, -0.2) is 10.8 Å². The van der Waals surface area contributed by atoms with Crippen LogP contribution >= 0.6 is 0 Å². The van der Waals surface area contributed by atoms with Gasteiger partial charge in [0.2, 0.25) is 11.9 Å². The molecule has 0 unspecified atom stereocenters. The number of hydrazine groups is 1. The van der Waals surface area contributed by atoms with Crippen molar-refractivity contribution < 1.29 is 4.79 Å². The number of hydrogen-bond acceptors (Lipinski definition) is 3. The van der Waals surface area contributed by atoms with E-state index in [1.54, 1.807) is 24.3 Å². The van der Waals surface area contributed by atoms with Gasteiger partial charge >= 0.3 is 0 Å². The summed E-state index contributed by atoms with van der Waals surface area (Å²) in [4.78, 5) is 15.3. The van der Waals surface area contributed by atoms with Crippen molar-refractivity contribution in [3.05, 3.63) is 60.2 Å². The SMILES string of the molecule is NNC(=Nc1ccc(C(N)=O)cc1)Nc1ccccc1. The Labute approximate surface area is 116 Å². The number of benzene rings is 2. The van der Waals surface area contributed by atoms with Crippen LogP contribution in [0.4, 0.5) is 11.4 Å². The predicted molar refractivity (Wildman–Crippen MR) is 79.4 cm³/mol. The van der Waals surface area contributed by atoms with Crippen molar-refractivity contribution >= 4 is 23.2 Å². The Balaban J connectivity index is 2.16. The molecule has 0 bridgehead atoms. The molecule has 0 saturated carbocycles. The van der Waals surface area contributed by atoms with Crippen LogP contribution in [0.5, 0.6) is 0 Å². The zero-order valence-corrected chi connectivity index (χ0v) is 10.7. The average molecular weight is 269 g/mol. The van der Waals surface area contributed by atoms with E-state index in [4.69, 9.17) is 11.6 Å². The third kappa shape index (κ3) is 3.56. The number of rotatable bonds is 3. The first-order chi connectivity index (χ1) is 9.69. The highest BCUT2D eigenvalue weighted by Gasteiger charge is 2.01. The minimum absolute atomic E-state index is 0.392. The van der Waals surface area contributed by atoms with Crippen LogP contribution in [0, 0.1) is 0 Å². The number of nitrogens with two attached hydrogens (primary N) is 2. The lowest BCUT2D eigenvalue weighted by Gasteiger charge is -2.08. The fourth-order valence-electron chi connectivity index (χ4n) is 1.58. The van der Waals surface area contributed by atoms with E-state index in [1.807, 2.05) is 30.3 Å². The van der Waals surface area contributed by atoms with Gasteiger partial charge in [-0.15, -0.1) is 0 Å². The van der Waals surface area contributed by atoms with E-state index >= 15 is 0 Å². The van der Waals surface area contributed by atoms with Gasteiger partial charge in [-0.1, -0.05) is 18.2 Å². The molecule has 20 heavy (non-hydrogen) atoms. The minimum Gasteiger partial charge on any atom is -0.366 e. The molecule has 2 aromatic carbocycles. The van der Waals surface area contributed by atoms with Crippen LogP contribution in [-0.4, -0.2) is 11.9 Å². The first kappa shape index (κ1) is 13.6. The first-order valence-corrected chi connectivity index (χ1v) is 5.96. The van der Waals surface area contributed by atoms with Crippen LogP contribution in [-0.2, 0) is 0 Å². The lowest BCUT2D eigenvalue weighted by Crippen LogP contribution is -2.35. The molecule has 0 spiro atoms. The van der Waals surface area contributed by atoms with Gasteiger partial charge in [-0.3, -0.25) is 10.2 Å². The predicted octanol–water partition coefficient (Wildman–Crippen LogP) is 1.35. The van der Waals surface area contributed by atoms with Crippen LogP contribution in [0.3, 0.4) is 0 Å². The third-order valence-electron chi connectivity index (χ3n) is 2.57. The van der Waals surface area contributed by atoms with Gasteiger partial charge in [0, 0.05) is 11.3 Å². The van der Waals surface area contributed by atoms with Crippen molar-refractivity contribution in [2.24, 2.45) is 16.6 Å². The second-order valence-corrected chi connectivity index (χ2v) is 4.01. The molecule has 6 N–H and O–H groups in total. The summed E-state index contributed by atoms with van der Waals surface area (Å²) in [6.07, 6.45) is 0.